The lowest BCUT2D eigenvalue weighted by Crippen LogP contribution is -2.37. The largest absolute Gasteiger partial charge is 0.472 e. The maximum atomic E-state index is 15.7. The van der Waals surface area contributed by atoms with Crippen molar-refractivity contribution in [3.8, 4) is 0 Å². The van der Waals surface area contributed by atoms with Crippen molar-refractivity contribution in [2.45, 2.75) is 49.2 Å². The number of aromatic nitrogens is 6. The van der Waals surface area contributed by atoms with Gasteiger partial charge in [0.05, 0.1) is 19.5 Å². The van der Waals surface area contributed by atoms with Gasteiger partial charge in [0.2, 0.25) is 0 Å². The number of nitrogens with one attached hydrogen (secondary N) is 1. The van der Waals surface area contributed by atoms with Gasteiger partial charge in [-0.3, -0.25) is 32.5 Å². The number of halogens is 2. The minimum atomic E-state index is -5.16. The third kappa shape index (κ3) is 5.26. The van der Waals surface area contributed by atoms with Gasteiger partial charge in [-0.15, -0.1) is 0 Å². The summed E-state index contributed by atoms with van der Waals surface area (Å²) in [5.41, 5.74) is 4.25. The quantitative estimate of drug-likeness (QED) is 0.312. The number of nitrogens with zero attached hydrogens (tertiary/aromatic N) is 5. The second-order valence-electron chi connectivity index (χ2n) is 9.10. The van der Waals surface area contributed by atoms with Crippen LogP contribution >= 0.6 is 16.1 Å². The number of nitrogens with two attached hydrogens (primary N) is 1. The van der Waals surface area contributed by atoms with Gasteiger partial charge in [0, 0.05) is 12.3 Å². The molecule has 4 N–H and O–H groups in total. The van der Waals surface area contributed by atoms with Crippen LogP contribution in [0.3, 0.4) is 0 Å². The number of phosphoric acid groups is 1. The van der Waals surface area contributed by atoms with Crippen LogP contribution in [0.1, 0.15) is 12.5 Å². The van der Waals surface area contributed by atoms with E-state index in [0.29, 0.717) is 0 Å². The van der Waals surface area contributed by atoms with Crippen LogP contribution in [0, 0.1) is 0 Å². The van der Waals surface area contributed by atoms with E-state index in [0.717, 1.165) is 23.2 Å². The van der Waals surface area contributed by atoms with Crippen molar-refractivity contribution in [3.05, 3.63) is 45.8 Å². The summed E-state index contributed by atoms with van der Waals surface area (Å²) in [6.07, 6.45) is -10.8. The van der Waals surface area contributed by atoms with Crippen molar-refractivity contribution in [1.29, 1.82) is 0 Å². The number of ether oxygens (including phenoxy) is 2. The molecule has 222 valence electrons. The van der Waals surface area contributed by atoms with Crippen molar-refractivity contribution in [3.63, 3.8) is 0 Å². The van der Waals surface area contributed by atoms with E-state index in [9.17, 15) is 23.6 Å². The first kappa shape index (κ1) is 28.2. The molecule has 0 aromatic carbocycles. The number of anilines is 1. The molecule has 18 nitrogen and oxygen atoms in total. The van der Waals surface area contributed by atoms with E-state index < -0.39 is 89.8 Å². The van der Waals surface area contributed by atoms with Gasteiger partial charge in [-0.2, -0.15) is 0 Å². The van der Waals surface area contributed by atoms with Gasteiger partial charge in [0.15, 0.2) is 36.3 Å². The Kier molecular flexibility index (Phi) is 7.37. The second kappa shape index (κ2) is 10.7. The number of alkyl halides is 2. The van der Waals surface area contributed by atoms with E-state index in [2.05, 4.69) is 15.0 Å². The number of nitrogen functional groups attached to an aromatic ring is 1. The molecular weight excluding hydrogens is 602 g/mol. The molecule has 6 heterocycles. The molecule has 2 unspecified atom stereocenters. The standard InChI is InChI=1S/C19H21F2N7O11P2/c20-10-7-3-34-40(31)38-13-8(37-17(11(13)21)28-6-25-12-15(22)23-5-24-16(12)28)4-35-41(32,33)39-14(10)18(36-7)27-2-1-9(29)26-19(27)30/h1-2,5-8,10-11,13-14,17-18,40H,3-4H2,(H,32,33)(H2,22,23,24)(H,26,29,30)/t7-,8-,10-,11-,13-,14-,17-,18-/m1/s1. The predicted molar refractivity (Wildman–Crippen MR) is 129 cm³/mol. The highest BCUT2D eigenvalue weighted by Gasteiger charge is 2.53. The number of rotatable bonds is 2. The Balaban J connectivity index is 1.29. The number of phosphoric ester groups is 1. The normalized spacial score (nSPS) is 38.2. The van der Waals surface area contributed by atoms with Crippen molar-refractivity contribution >= 4 is 33.1 Å². The number of H-pyrrole nitrogens is 1. The molecule has 3 saturated heterocycles. The first-order chi connectivity index (χ1) is 19.5. The summed E-state index contributed by atoms with van der Waals surface area (Å²) in [6.45, 7) is -1.60. The average molecular weight is 623 g/mol. The summed E-state index contributed by atoms with van der Waals surface area (Å²) in [7, 11) is -8.72. The Morgan fingerprint density at radius 3 is 2.63 bits per heavy atom. The molecule has 0 radical (unpaired) electrons. The molecule has 6 rings (SSSR count). The molecule has 41 heavy (non-hydrogen) atoms. The van der Waals surface area contributed by atoms with Crippen molar-refractivity contribution in [2.24, 2.45) is 0 Å². The van der Waals surface area contributed by atoms with E-state index in [1.54, 1.807) is 0 Å². The zero-order valence-electron chi connectivity index (χ0n) is 20.4. The minimum Gasteiger partial charge on any atom is -0.382 e. The number of fused-ring (bicyclic) bond motifs is 4. The monoisotopic (exact) mass is 623 g/mol. The van der Waals surface area contributed by atoms with Crippen LogP contribution < -0.4 is 17.0 Å². The highest BCUT2D eigenvalue weighted by Crippen LogP contribution is 2.51. The lowest BCUT2D eigenvalue weighted by molar-refractivity contribution is -0.0648. The lowest BCUT2D eigenvalue weighted by atomic mass is 10.1. The van der Waals surface area contributed by atoms with Crippen molar-refractivity contribution < 1.29 is 50.4 Å². The molecule has 3 aliphatic rings. The summed E-state index contributed by atoms with van der Waals surface area (Å²) in [5, 5.41) is 0. The second-order valence-corrected chi connectivity index (χ2v) is 11.5. The summed E-state index contributed by atoms with van der Waals surface area (Å²) in [5.74, 6) is 0.0200. The summed E-state index contributed by atoms with van der Waals surface area (Å²) >= 11 is 0. The van der Waals surface area contributed by atoms with E-state index in [-0.39, 0.29) is 17.0 Å². The molecule has 0 spiro atoms. The van der Waals surface area contributed by atoms with Crippen molar-refractivity contribution in [2.75, 3.05) is 18.9 Å². The van der Waals surface area contributed by atoms with E-state index in [1.807, 2.05) is 4.98 Å². The smallest absolute Gasteiger partial charge is 0.382 e. The molecule has 22 heteroatoms. The fourth-order valence-electron chi connectivity index (χ4n) is 4.69. The van der Waals surface area contributed by atoms with Gasteiger partial charge in [0.25, 0.3) is 5.56 Å². The minimum absolute atomic E-state index is 0.0200. The van der Waals surface area contributed by atoms with Crippen molar-refractivity contribution in [1.82, 2.24) is 29.1 Å². The average Bonchev–Trinajstić information content (AvgIpc) is 3.57. The maximum absolute atomic E-state index is 15.7. The molecule has 0 amide bonds. The van der Waals surface area contributed by atoms with E-state index in [1.165, 1.54) is 10.9 Å². The molecule has 0 aliphatic carbocycles. The van der Waals surface area contributed by atoms with Gasteiger partial charge in [0.1, 0.15) is 36.3 Å². The highest BCUT2D eigenvalue weighted by atomic mass is 31.2. The van der Waals surface area contributed by atoms with Crippen LogP contribution in [0.15, 0.2) is 34.5 Å². The van der Waals surface area contributed by atoms with Crippen LogP contribution in [0.2, 0.25) is 0 Å². The highest BCUT2D eigenvalue weighted by molar-refractivity contribution is 7.47. The number of hydrogen-bond donors (Lipinski definition) is 3. The van der Waals surface area contributed by atoms with Crippen LogP contribution in [-0.2, 0) is 36.7 Å². The molecule has 2 bridgehead atoms. The predicted octanol–water partition coefficient (Wildman–Crippen LogP) is -0.263. The molecular formula is C19H21F2N7O11P2. The van der Waals surface area contributed by atoms with Gasteiger partial charge >= 0.3 is 21.8 Å². The zero-order chi connectivity index (χ0) is 29.1. The molecule has 0 saturated carbocycles. The lowest BCUT2D eigenvalue weighted by Gasteiger charge is -2.24. The molecule has 3 aromatic heterocycles. The van der Waals surface area contributed by atoms with Crippen LogP contribution in [0.25, 0.3) is 11.2 Å². The Morgan fingerprint density at radius 1 is 1.07 bits per heavy atom. The number of imidazole rings is 1. The third-order valence-electron chi connectivity index (χ3n) is 6.57. The first-order valence-electron chi connectivity index (χ1n) is 11.8. The molecule has 3 fully saturated rings. The van der Waals surface area contributed by atoms with E-state index in [4.69, 9.17) is 33.3 Å². The van der Waals surface area contributed by atoms with Gasteiger partial charge in [-0.1, -0.05) is 0 Å². The van der Waals surface area contributed by atoms with Crippen LogP contribution in [0.5, 0.6) is 0 Å². The Hall–Kier alpha value is -2.93. The maximum Gasteiger partial charge on any atom is 0.472 e. The molecule has 3 aromatic rings. The molecule has 10 atom stereocenters. The topological polar surface area (TPSA) is 234 Å². The van der Waals surface area contributed by atoms with Crippen LogP contribution in [0.4, 0.5) is 14.6 Å². The SMILES string of the molecule is Nc1ncnc2c1ncn2[C@@H]1O[C@@H]2COP(=O)(O)O[C@@H]3[C@H](F)[C@@H](CO[PH](=O)O[C@H]2[C@H]1F)O[C@H]3n1ccc(=O)[nH]c1=O. The fourth-order valence-corrected chi connectivity index (χ4v) is 6.49. The van der Waals surface area contributed by atoms with Gasteiger partial charge in [-0.25, -0.2) is 33.1 Å². The number of aromatic amines is 1. The first-order valence-corrected chi connectivity index (χ1v) is 14.6. The van der Waals surface area contributed by atoms with E-state index >= 15 is 8.78 Å². The Morgan fingerprint density at radius 2 is 1.85 bits per heavy atom. The fraction of sp³-hybridized carbons (Fsp3) is 0.526. The third-order valence-corrected chi connectivity index (χ3v) is 8.42. The summed E-state index contributed by atoms with van der Waals surface area (Å²) in [6, 6.07) is 0.935. The number of hydrogen-bond acceptors (Lipinski definition) is 14. The Labute approximate surface area is 226 Å². The summed E-state index contributed by atoms with van der Waals surface area (Å²) < 4.78 is 90.1. The summed E-state index contributed by atoms with van der Waals surface area (Å²) in [4.78, 5) is 48.0. The Bertz CT molecular complexity index is 1650. The van der Waals surface area contributed by atoms with Gasteiger partial charge in [-0.05, 0) is 0 Å². The van der Waals surface area contributed by atoms with Gasteiger partial charge < -0.3 is 29.1 Å². The van der Waals surface area contributed by atoms with Crippen LogP contribution in [-0.4, -0.2) is 83.9 Å². The molecule has 3 aliphatic heterocycles. The zero-order valence-corrected chi connectivity index (χ0v) is 22.3.